The van der Waals surface area contributed by atoms with E-state index in [2.05, 4.69) is 25.9 Å². The van der Waals surface area contributed by atoms with Crippen molar-refractivity contribution in [2.45, 2.75) is 19.5 Å². The highest BCUT2D eigenvalue weighted by Gasteiger charge is 2.19. The van der Waals surface area contributed by atoms with E-state index < -0.39 is 18.2 Å². The number of aromatic nitrogens is 4. The van der Waals surface area contributed by atoms with Crippen molar-refractivity contribution in [1.82, 2.24) is 25.2 Å². The molecule has 2 heterocycles. The van der Waals surface area contributed by atoms with Crippen LogP contribution in [0.5, 0.6) is 0 Å². The number of ether oxygens (including phenoxy) is 1. The third kappa shape index (κ3) is 4.71. The summed E-state index contributed by atoms with van der Waals surface area (Å²) in [5.74, 6) is 0.746. The Balaban J connectivity index is 1.81. The Bertz CT molecular complexity index is 657. The largest absolute Gasteiger partial charge is 0.377 e. The first-order valence-electron chi connectivity index (χ1n) is 6.66. The van der Waals surface area contributed by atoms with Gasteiger partial charge < -0.3 is 19.9 Å². The van der Waals surface area contributed by atoms with E-state index >= 15 is 0 Å². The molecule has 0 aliphatic heterocycles. The van der Waals surface area contributed by atoms with E-state index in [1.807, 2.05) is 0 Å². The van der Waals surface area contributed by atoms with Crippen molar-refractivity contribution in [3.8, 4) is 0 Å². The van der Waals surface area contributed by atoms with E-state index in [-0.39, 0.29) is 18.8 Å². The molecule has 23 heavy (non-hydrogen) atoms. The highest BCUT2D eigenvalue weighted by molar-refractivity contribution is 5.89. The van der Waals surface area contributed by atoms with Gasteiger partial charge in [-0.2, -0.15) is 10.1 Å². The Morgan fingerprint density at radius 1 is 1.52 bits per heavy atom. The minimum absolute atomic E-state index is 0.0415. The molecule has 2 aromatic heterocycles. The number of halogens is 2. The van der Waals surface area contributed by atoms with Gasteiger partial charge in [-0.25, -0.2) is 13.6 Å². The summed E-state index contributed by atoms with van der Waals surface area (Å²) >= 11 is 0. The summed E-state index contributed by atoms with van der Waals surface area (Å²) < 4.78 is 36.5. The van der Waals surface area contributed by atoms with Gasteiger partial charge in [-0.05, 0) is 0 Å². The van der Waals surface area contributed by atoms with Gasteiger partial charge in [0.1, 0.15) is 6.61 Å². The van der Waals surface area contributed by atoms with Crippen molar-refractivity contribution < 1.29 is 22.8 Å². The van der Waals surface area contributed by atoms with Crippen LogP contribution in [-0.2, 0) is 24.8 Å². The van der Waals surface area contributed by atoms with Gasteiger partial charge in [0.05, 0.1) is 5.69 Å². The molecule has 9 nitrogen and oxygen atoms in total. The first kappa shape index (κ1) is 16.8. The number of urea groups is 1. The molecule has 0 saturated carbocycles. The number of nitrogens with one attached hydrogen (secondary N) is 2. The van der Waals surface area contributed by atoms with Crippen LogP contribution in [0.15, 0.2) is 10.7 Å². The molecule has 11 heteroatoms. The van der Waals surface area contributed by atoms with Gasteiger partial charge in [-0.15, -0.1) is 0 Å². The number of nitrogens with zero attached hydrogens (tertiary/aromatic N) is 4. The molecule has 0 fully saturated rings. The van der Waals surface area contributed by atoms with Gasteiger partial charge in [0.25, 0.3) is 6.43 Å². The number of hydrogen-bond acceptors (Lipinski definition) is 6. The Kier molecular flexibility index (Phi) is 5.57. The lowest BCUT2D eigenvalue weighted by molar-refractivity contribution is 0.146. The average molecular weight is 330 g/mol. The van der Waals surface area contributed by atoms with Gasteiger partial charge in [-0.1, -0.05) is 5.16 Å². The fourth-order valence-corrected chi connectivity index (χ4v) is 1.79. The number of rotatable bonds is 7. The minimum atomic E-state index is -2.77. The van der Waals surface area contributed by atoms with Crippen molar-refractivity contribution in [2.75, 3.05) is 19.0 Å². The molecule has 0 aliphatic rings. The maximum absolute atomic E-state index is 12.7. The first-order valence-corrected chi connectivity index (χ1v) is 6.66. The summed E-state index contributed by atoms with van der Waals surface area (Å²) in [7, 11) is 3.00. The molecule has 0 atom stereocenters. The lowest BCUT2D eigenvalue weighted by atomic mass is 10.4. The summed E-state index contributed by atoms with van der Waals surface area (Å²) in [6.07, 6.45) is -1.17. The fourth-order valence-electron chi connectivity index (χ4n) is 1.79. The monoisotopic (exact) mass is 330 g/mol. The van der Waals surface area contributed by atoms with Crippen molar-refractivity contribution in [2.24, 2.45) is 7.05 Å². The van der Waals surface area contributed by atoms with Crippen LogP contribution in [0.1, 0.15) is 23.8 Å². The molecule has 2 rings (SSSR count). The molecular formula is C12H16F2N6O3. The van der Waals surface area contributed by atoms with Crippen LogP contribution in [0.4, 0.5) is 19.3 Å². The maximum Gasteiger partial charge on any atom is 0.319 e. The Hall–Kier alpha value is -2.56. The number of hydrogen-bond donors (Lipinski definition) is 2. The van der Waals surface area contributed by atoms with Gasteiger partial charge in [0.2, 0.25) is 5.89 Å². The summed E-state index contributed by atoms with van der Waals surface area (Å²) in [4.78, 5) is 15.7. The van der Waals surface area contributed by atoms with Crippen molar-refractivity contribution in [3.63, 3.8) is 0 Å². The SMILES string of the molecule is COCc1noc(CCNC(=O)Nc2cn(C)nc2C(F)F)n1. The summed E-state index contributed by atoms with van der Waals surface area (Å²) in [6.45, 7) is 0.430. The minimum Gasteiger partial charge on any atom is -0.377 e. The fraction of sp³-hybridized carbons (Fsp3) is 0.500. The normalized spacial score (nSPS) is 11.0. The summed E-state index contributed by atoms with van der Waals surface area (Å²) in [6, 6.07) is -0.628. The zero-order valence-corrected chi connectivity index (χ0v) is 12.5. The molecule has 0 aliphatic carbocycles. The van der Waals surface area contributed by atoms with E-state index in [1.54, 1.807) is 0 Å². The number of carbonyl (C=O) groups excluding carboxylic acids is 1. The quantitative estimate of drug-likeness (QED) is 0.791. The second kappa shape index (κ2) is 7.63. The number of methoxy groups -OCH3 is 1. The summed E-state index contributed by atoms with van der Waals surface area (Å²) in [5, 5.41) is 12.1. The van der Waals surface area contributed by atoms with Gasteiger partial charge >= 0.3 is 6.03 Å². The van der Waals surface area contributed by atoms with E-state index in [4.69, 9.17) is 9.26 Å². The topological polar surface area (TPSA) is 107 Å². The van der Waals surface area contributed by atoms with Crippen LogP contribution < -0.4 is 10.6 Å². The average Bonchev–Trinajstić information content (AvgIpc) is 3.06. The lowest BCUT2D eigenvalue weighted by Crippen LogP contribution is -2.30. The Morgan fingerprint density at radius 3 is 3.00 bits per heavy atom. The highest BCUT2D eigenvalue weighted by Crippen LogP contribution is 2.24. The maximum atomic E-state index is 12.7. The highest BCUT2D eigenvalue weighted by atomic mass is 19.3. The molecule has 0 bridgehead atoms. The van der Waals surface area contributed by atoms with Crippen LogP contribution in [0.2, 0.25) is 0 Å². The number of carbonyl (C=O) groups is 1. The number of aryl methyl sites for hydroxylation is 1. The van der Waals surface area contributed by atoms with Gasteiger partial charge in [0, 0.05) is 33.3 Å². The standard InChI is InChI=1S/C12H16F2N6O3/c1-20-5-7(10(18-20)11(13)14)16-12(21)15-4-3-9-17-8(6-22-2)19-23-9/h5,11H,3-4,6H2,1-2H3,(H2,15,16,21). The van der Waals surface area contributed by atoms with Crippen LogP contribution in [0, 0.1) is 0 Å². The molecule has 126 valence electrons. The van der Waals surface area contributed by atoms with Crippen molar-refractivity contribution in [1.29, 1.82) is 0 Å². The van der Waals surface area contributed by atoms with Gasteiger partial charge in [0.15, 0.2) is 11.5 Å². The lowest BCUT2D eigenvalue weighted by Gasteiger charge is -2.06. The molecule has 0 saturated heterocycles. The number of alkyl halides is 2. The predicted molar refractivity (Wildman–Crippen MR) is 73.9 cm³/mol. The van der Waals surface area contributed by atoms with Crippen molar-refractivity contribution >= 4 is 11.7 Å². The Labute approximate surface area is 130 Å². The van der Waals surface area contributed by atoms with Crippen LogP contribution in [0.3, 0.4) is 0 Å². The molecule has 2 N–H and O–H groups in total. The number of anilines is 1. The second-order valence-corrected chi connectivity index (χ2v) is 4.57. The smallest absolute Gasteiger partial charge is 0.319 e. The third-order valence-corrected chi connectivity index (χ3v) is 2.72. The molecule has 0 spiro atoms. The van der Waals surface area contributed by atoms with E-state index in [0.29, 0.717) is 18.1 Å². The molecule has 0 aromatic carbocycles. The second-order valence-electron chi connectivity index (χ2n) is 4.57. The van der Waals surface area contributed by atoms with Crippen LogP contribution in [0.25, 0.3) is 0 Å². The molecule has 2 amide bonds. The number of amides is 2. The Morgan fingerprint density at radius 2 is 2.30 bits per heavy atom. The molecule has 2 aromatic rings. The van der Waals surface area contributed by atoms with Gasteiger partial charge in [-0.3, -0.25) is 4.68 Å². The van der Waals surface area contributed by atoms with E-state index in [1.165, 1.54) is 25.0 Å². The zero-order valence-electron chi connectivity index (χ0n) is 12.5. The van der Waals surface area contributed by atoms with Crippen LogP contribution >= 0.6 is 0 Å². The molecule has 0 unspecified atom stereocenters. The van der Waals surface area contributed by atoms with Crippen molar-refractivity contribution in [3.05, 3.63) is 23.6 Å². The molecule has 0 radical (unpaired) electrons. The summed E-state index contributed by atoms with van der Waals surface area (Å²) in [5.41, 5.74) is -0.524. The van der Waals surface area contributed by atoms with E-state index in [9.17, 15) is 13.6 Å². The zero-order chi connectivity index (χ0) is 16.8. The third-order valence-electron chi connectivity index (χ3n) is 2.72. The van der Waals surface area contributed by atoms with E-state index in [0.717, 1.165) is 0 Å². The predicted octanol–water partition coefficient (Wildman–Crippen LogP) is 1.25. The molecular weight excluding hydrogens is 314 g/mol. The first-order chi connectivity index (χ1) is 11.0. The van der Waals surface area contributed by atoms with Crippen LogP contribution in [-0.4, -0.2) is 39.6 Å².